The van der Waals surface area contributed by atoms with E-state index in [1.165, 1.54) is 5.69 Å². The van der Waals surface area contributed by atoms with E-state index in [9.17, 15) is 24.0 Å². The van der Waals surface area contributed by atoms with Crippen LogP contribution < -0.4 is 20.4 Å². The Morgan fingerprint density at radius 2 is 1.48 bits per heavy atom. The van der Waals surface area contributed by atoms with Gasteiger partial charge in [0.1, 0.15) is 6.04 Å². The molecule has 16 nitrogen and oxygen atoms in total. The summed E-state index contributed by atoms with van der Waals surface area (Å²) < 4.78 is 5.21. The Hall–Kier alpha value is -7.20. The fourth-order valence-electron chi connectivity index (χ4n) is 9.77. The zero-order valence-electron chi connectivity index (χ0n) is 38.2. The zero-order valence-corrected chi connectivity index (χ0v) is 38.2. The van der Waals surface area contributed by atoms with Crippen LogP contribution >= 0.6 is 0 Å². The van der Waals surface area contributed by atoms with Crippen molar-refractivity contribution in [3.8, 4) is 22.4 Å². The number of piperazine rings is 1. The van der Waals surface area contributed by atoms with Crippen LogP contribution in [-0.4, -0.2) is 112 Å². The predicted octanol–water partition coefficient (Wildman–Crippen LogP) is 6.26. The first kappa shape index (κ1) is 43.7. The van der Waals surface area contributed by atoms with Crippen LogP contribution in [0, 0.1) is 12.8 Å². The van der Waals surface area contributed by atoms with Crippen molar-refractivity contribution in [3.63, 3.8) is 0 Å². The summed E-state index contributed by atoms with van der Waals surface area (Å²) in [5.74, 6) is -1.30. The number of H-pyrrole nitrogens is 1. The number of aryl methyl sites for hydroxylation is 1. The summed E-state index contributed by atoms with van der Waals surface area (Å²) in [5, 5.41) is 18.1. The number of hydrogen-bond acceptors (Lipinski definition) is 12. The third kappa shape index (κ3) is 8.68. The molecule has 0 bridgehead atoms. The molecular formula is C51H54N10O6. The molecule has 16 heteroatoms. The molecule has 6 aromatic rings. The number of nitrogens with zero attached hydrogens (tertiary/aromatic N) is 7. The molecule has 0 radical (unpaired) electrons. The van der Waals surface area contributed by atoms with Crippen LogP contribution in [0.3, 0.4) is 0 Å². The molecule has 10 rings (SSSR count). The van der Waals surface area contributed by atoms with Crippen molar-refractivity contribution in [3.05, 3.63) is 113 Å². The molecule has 344 valence electrons. The van der Waals surface area contributed by atoms with Gasteiger partial charge >= 0.3 is 11.8 Å². The lowest BCUT2D eigenvalue weighted by Gasteiger charge is -2.40. The highest BCUT2D eigenvalue weighted by atomic mass is 16.5. The third-order valence-electron chi connectivity index (χ3n) is 13.8. The Bertz CT molecular complexity index is 2920. The summed E-state index contributed by atoms with van der Waals surface area (Å²) in [6.45, 7) is 14.8. The van der Waals surface area contributed by atoms with Gasteiger partial charge in [-0.3, -0.25) is 44.2 Å². The smallest absolute Gasteiger partial charge is 0.315 e. The average Bonchev–Trinajstić information content (AvgIpc) is 4.06. The molecule has 3 fully saturated rings. The van der Waals surface area contributed by atoms with Gasteiger partial charge in [0.05, 0.1) is 22.3 Å². The standard InChI is InChI=1S/C51H54N10O6/c1-30-25-34(5-6-35(30)28-52-46(64)47-54-50(57-67-47)51(2,3)4)44-40-26-33(9-14-41(40)55-56-44)32-7-10-36(11-8-32)59-19-17-31(18-20-59)29-58-21-23-60(24-22-58)37-12-13-38-39(27-37)49(66)61(48(38)65)42-15-16-43(62)53-45(42)63/h5-14,25-27,31,42H,15-24,28-29H2,1-4H3,(H,52,64)(H,55,56)(H,53,62,63). The maximum atomic E-state index is 13.4. The summed E-state index contributed by atoms with van der Waals surface area (Å²) >= 11 is 0. The zero-order chi connectivity index (χ0) is 46.6. The summed E-state index contributed by atoms with van der Waals surface area (Å²) in [6, 6.07) is 25.8. The van der Waals surface area contributed by atoms with E-state index in [2.05, 4.69) is 89.1 Å². The van der Waals surface area contributed by atoms with Crippen molar-refractivity contribution in [1.29, 1.82) is 0 Å². The van der Waals surface area contributed by atoms with Gasteiger partial charge in [-0.2, -0.15) is 10.1 Å². The number of fused-ring (bicyclic) bond motifs is 2. The van der Waals surface area contributed by atoms with Crippen LogP contribution in [0.1, 0.15) is 94.8 Å². The molecule has 4 aliphatic heterocycles. The van der Waals surface area contributed by atoms with Gasteiger partial charge in [0.2, 0.25) is 11.8 Å². The number of rotatable bonds is 10. The number of amides is 5. The molecule has 0 saturated carbocycles. The number of nitrogens with one attached hydrogen (secondary N) is 3. The van der Waals surface area contributed by atoms with Crippen molar-refractivity contribution in [2.24, 2.45) is 5.92 Å². The number of aromatic amines is 1. The number of carbonyl (C=O) groups excluding carboxylic acids is 5. The van der Waals surface area contributed by atoms with Gasteiger partial charge in [-0.1, -0.05) is 56.3 Å². The third-order valence-corrected chi connectivity index (χ3v) is 13.8. The number of aromatic nitrogens is 4. The fourth-order valence-corrected chi connectivity index (χ4v) is 9.77. The Morgan fingerprint density at radius 3 is 2.19 bits per heavy atom. The minimum Gasteiger partial charge on any atom is -0.372 e. The second-order valence-corrected chi connectivity index (χ2v) is 19.3. The first-order chi connectivity index (χ1) is 32.3. The minimum absolute atomic E-state index is 0.0457. The normalized spacial score (nSPS) is 18.5. The van der Waals surface area contributed by atoms with Gasteiger partial charge in [-0.15, -0.1) is 0 Å². The van der Waals surface area contributed by atoms with Gasteiger partial charge in [-0.25, -0.2) is 0 Å². The number of imide groups is 2. The summed E-state index contributed by atoms with van der Waals surface area (Å²) in [6.07, 6.45) is 2.48. The first-order valence-electron chi connectivity index (χ1n) is 23.2. The van der Waals surface area contributed by atoms with E-state index < -0.39 is 29.7 Å². The monoisotopic (exact) mass is 902 g/mol. The molecule has 0 aliphatic carbocycles. The van der Waals surface area contributed by atoms with Crippen LogP contribution in [-0.2, 0) is 21.5 Å². The molecular weight excluding hydrogens is 849 g/mol. The number of carbonyl (C=O) groups is 5. The van der Waals surface area contributed by atoms with E-state index in [-0.39, 0.29) is 30.1 Å². The molecule has 3 N–H and O–H groups in total. The van der Waals surface area contributed by atoms with Crippen LogP contribution in [0.15, 0.2) is 83.4 Å². The number of piperidine rings is 2. The van der Waals surface area contributed by atoms with E-state index in [0.29, 0.717) is 29.4 Å². The molecule has 1 unspecified atom stereocenters. The molecule has 3 saturated heterocycles. The van der Waals surface area contributed by atoms with E-state index >= 15 is 0 Å². The molecule has 6 heterocycles. The van der Waals surface area contributed by atoms with Gasteiger partial charge in [0.15, 0.2) is 5.82 Å². The lowest BCUT2D eigenvalue weighted by molar-refractivity contribution is -0.136. The van der Waals surface area contributed by atoms with Crippen LogP contribution in [0.5, 0.6) is 0 Å². The number of benzene rings is 4. The average molecular weight is 903 g/mol. The largest absolute Gasteiger partial charge is 0.372 e. The molecule has 5 amide bonds. The maximum Gasteiger partial charge on any atom is 0.315 e. The van der Waals surface area contributed by atoms with Crippen LogP contribution in [0.2, 0.25) is 0 Å². The van der Waals surface area contributed by atoms with Crippen molar-refractivity contribution >= 4 is 51.8 Å². The molecule has 4 aliphatic rings. The highest BCUT2D eigenvalue weighted by Crippen LogP contribution is 2.35. The molecule has 2 aromatic heterocycles. The summed E-state index contributed by atoms with van der Waals surface area (Å²) in [4.78, 5) is 76.0. The highest BCUT2D eigenvalue weighted by Gasteiger charge is 2.45. The highest BCUT2D eigenvalue weighted by molar-refractivity contribution is 6.23. The number of hydrogen-bond donors (Lipinski definition) is 3. The molecule has 0 spiro atoms. The Kier molecular flexibility index (Phi) is 11.4. The first-order valence-corrected chi connectivity index (χ1v) is 23.2. The van der Waals surface area contributed by atoms with Gasteiger partial charge in [0.25, 0.3) is 11.8 Å². The summed E-state index contributed by atoms with van der Waals surface area (Å²) in [5.41, 5.74) is 9.50. The van der Waals surface area contributed by atoms with E-state index in [1.54, 1.807) is 12.1 Å². The number of anilines is 2. The van der Waals surface area contributed by atoms with Crippen LogP contribution in [0.25, 0.3) is 33.3 Å². The molecule has 67 heavy (non-hydrogen) atoms. The quantitative estimate of drug-likeness (QED) is 0.131. The molecule has 4 aromatic carbocycles. The van der Waals surface area contributed by atoms with E-state index in [1.807, 2.05) is 45.9 Å². The second kappa shape index (κ2) is 17.5. The Balaban J connectivity index is 0.708. The van der Waals surface area contributed by atoms with E-state index in [0.717, 1.165) is 114 Å². The SMILES string of the molecule is Cc1cc(-c2n[nH]c3ccc(-c4ccc(N5CCC(CN6CCN(c7ccc8c(c7)C(=O)N(C7CCC(=O)NC7=O)C8=O)CC6)CC5)cc4)cc23)ccc1CNC(=O)c1nc(C(C)(C)C)no1. The van der Waals surface area contributed by atoms with Crippen molar-refractivity contribution in [2.75, 3.05) is 55.6 Å². The van der Waals surface area contributed by atoms with Gasteiger partial charge in [-0.05, 0) is 103 Å². The topological polar surface area (TPSA) is 190 Å². The second-order valence-electron chi connectivity index (χ2n) is 19.3. The summed E-state index contributed by atoms with van der Waals surface area (Å²) in [7, 11) is 0. The van der Waals surface area contributed by atoms with Crippen LogP contribution in [0.4, 0.5) is 11.4 Å². The van der Waals surface area contributed by atoms with Crippen molar-refractivity contribution < 1.29 is 28.5 Å². The Morgan fingerprint density at radius 1 is 0.776 bits per heavy atom. The Labute approximate surface area is 388 Å². The lowest BCUT2D eigenvalue weighted by Crippen LogP contribution is -2.54. The van der Waals surface area contributed by atoms with Gasteiger partial charge in [0, 0.05) is 86.5 Å². The lowest BCUT2D eigenvalue weighted by atomic mass is 9.95. The predicted molar refractivity (Wildman–Crippen MR) is 253 cm³/mol. The maximum absolute atomic E-state index is 13.4. The molecule has 1 atom stereocenters. The van der Waals surface area contributed by atoms with E-state index in [4.69, 9.17) is 9.62 Å². The van der Waals surface area contributed by atoms with Crippen molar-refractivity contribution in [1.82, 2.24) is 40.8 Å². The van der Waals surface area contributed by atoms with Gasteiger partial charge < -0.3 is 19.6 Å². The minimum atomic E-state index is -0.970. The fraction of sp³-hybridized carbons (Fsp3) is 0.373. The van der Waals surface area contributed by atoms with Crippen molar-refractivity contribution in [2.45, 2.75) is 71.4 Å².